The molecule has 0 aromatic heterocycles. The van der Waals surface area contributed by atoms with Crippen LogP contribution in [-0.4, -0.2) is 61.6 Å². The molecule has 3 aliphatic rings. The molecule has 0 aliphatic carbocycles. The summed E-state index contributed by atoms with van der Waals surface area (Å²) in [6, 6.07) is 8.62. The van der Waals surface area contributed by atoms with Crippen molar-refractivity contribution in [3.8, 4) is 5.75 Å². The van der Waals surface area contributed by atoms with Gasteiger partial charge in [-0.05, 0) is 50.0 Å². The molecule has 1 aromatic carbocycles. The minimum absolute atomic E-state index is 0.138. The summed E-state index contributed by atoms with van der Waals surface area (Å²) in [6.07, 6.45) is 2.00. The highest BCUT2D eigenvalue weighted by Crippen LogP contribution is 2.32. The molecule has 0 saturated carbocycles. The summed E-state index contributed by atoms with van der Waals surface area (Å²) in [4.78, 5) is 17.3. The Morgan fingerprint density at radius 1 is 1.21 bits per heavy atom. The van der Waals surface area contributed by atoms with Gasteiger partial charge in [-0.2, -0.15) is 0 Å². The van der Waals surface area contributed by atoms with Gasteiger partial charge < -0.3 is 14.5 Å². The van der Waals surface area contributed by atoms with Gasteiger partial charge in [0, 0.05) is 25.2 Å². The van der Waals surface area contributed by atoms with Crippen LogP contribution in [0.4, 0.5) is 0 Å². The molecule has 2 unspecified atom stereocenters. The molecule has 3 fully saturated rings. The van der Waals surface area contributed by atoms with Crippen molar-refractivity contribution in [2.24, 2.45) is 5.92 Å². The number of rotatable bonds is 3. The second kappa shape index (κ2) is 6.35. The number of fused-ring (bicyclic) bond motifs is 1. The molecular weight excluding hydrogens is 304 g/mol. The minimum Gasteiger partial charge on any atom is -0.497 e. The maximum Gasteiger partial charge on any atom is 0.241 e. The van der Waals surface area contributed by atoms with E-state index in [9.17, 15) is 4.79 Å². The number of carbonyl (C=O) groups excluding carboxylic acids is 1. The number of methoxy groups -OCH3 is 1. The average molecular weight is 330 g/mol. The van der Waals surface area contributed by atoms with Crippen molar-refractivity contribution in [1.29, 1.82) is 0 Å². The second-order valence-electron chi connectivity index (χ2n) is 7.24. The van der Waals surface area contributed by atoms with E-state index in [1.807, 2.05) is 12.1 Å². The largest absolute Gasteiger partial charge is 0.497 e. The zero-order valence-corrected chi connectivity index (χ0v) is 14.4. The lowest BCUT2D eigenvalue weighted by Crippen LogP contribution is -2.46. The van der Waals surface area contributed by atoms with E-state index in [0.29, 0.717) is 12.0 Å². The monoisotopic (exact) mass is 330 g/mol. The first-order chi connectivity index (χ1) is 11.7. The summed E-state index contributed by atoms with van der Waals surface area (Å²) in [5.74, 6) is 1.75. The topological polar surface area (TPSA) is 56.8 Å². The maximum absolute atomic E-state index is 12.8. The molecule has 3 aliphatic heterocycles. The van der Waals surface area contributed by atoms with Crippen LogP contribution >= 0.6 is 0 Å². The molecular formula is C18H26N4O2. The number of likely N-dealkylation sites (N-methyl/N-ethyl adjacent to an activating group) is 1. The lowest BCUT2D eigenvalue weighted by molar-refractivity contribution is -0.132. The Hall–Kier alpha value is -1.63. The standard InChI is InChI=1S/C18H26N4O2/c1-21-8-7-13-10-22(11-17(13)21)18(23)16-9-15(19-20-16)12-3-5-14(24-2)6-4-12/h3-6,13,15-17,19-20H,7-11H2,1-2H3/t13-,15?,16?,17+/m1/s1. The summed E-state index contributed by atoms with van der Waals surface area (Å²) >= 11 is 0. The van der Waals surface area contributed by atoms with E-state index in [-0.39, 0.29) is 18.0 Å². The zero-order chi connectivity index (χ0) is 16.7. The number of nitrogens with one attached hydrogen (secondary N) is 2. The molecule has 3 saturated heterocycles. The van der Waals surface area contributed by atoms with Gasteiger partial charge in [0.2, 0.25) is 5.91 Å². The second-order valence-corrected chi connectivity index (χ2v) is 7.24. The summed E-state index contributed by atoms with van der Waals surface area (Å²) in [5, 5.41) is 0. The van der Waals surface area contributed by atoms with E-state index in [2.05, 4.69) is 39.8 Å². The predicted molar refractivity (Wildman–Crippen MR) is 91.5 cm³/mol. The molecule has 6 nitrogen and oxygen atoms in total. The minimum atomic E-state index is -0.138. The Balaban J connectivity index is 1.37. The van der Waals surface area contributed by atoms with Crippen molar-refractivity contribution in [2.45, 2.75) is 31.0 Å². The van der Waals surface area contributed by atoms with E-state index in [1.54, 1.807) is 7.11 Å². The van der Waals surface area contributed by atoms with Crippen molar-refractivity contribution in [2.75, 3.05) is 33.8 Å². The van der Waals surface area contributed by atoms with Crippen molar-refractivity contribution >= 4 is 5.91 Å². The van der Waals surface area contributed by atoms with Gasteiger partial charge in [0.15, 0.2) is 0 Å². The fourth-order valence-corrected chi connectivity index (χ4v) is 4.35. The molecule has 1 aromatic rings. The van der Waals surface area contributed by atoms with Crippen LogP contribution in [0.3, 0.4) is 0 Å². The SMILES string of the molecule is COc1ccc(C2CC(C(=O)N3C[C@H]4CCN(C)[C@H]4C3)NN2)cc1. The summed E-state index contributed by atoms with van der Waals surface area (Å²) in [5.41, 5.74) is 7.65. The van der Waals surface area contributed by atoms with Crippen molar-refractivity contribution in [1.82, 2.24) is 20.7 Å². The van der Waals surface area contributed by atoms with Crippen LogP contribution in [-0.2, 0) is 4.79 Å². The molecule has 130 valence electrons. The molecule has 1 amide bonds. The fourth-order valence-electron chi connectivity index (χ4n) is 4.35. The first-order valence-corrected chi connectivity index (χ1v) is 8.79. The molecule has 2 N–H and O–H groups in total. The van der Waals surface area contributed by atoms with Gasteiger partial charge in [0.05, 0.1) is 7.11 Å². The van der Waals surface area contributed by atoms with Gasteiger partial charge in [0.1, 0.15) is 11.8 Å². The van der Waals surface area contributed by atoms with Crippen LogP contribution in [0.15, 0.2) is 24.3 Å². The number of likely N-dealkylation sites (tertiary alicyclic amines) is 2. The normalized spacial score (nSPS) is 33.0. The lowest BCUT2D eigenvalue weighted by Gasteiger charge is -2.23. The van der Waals surface area contributed by atoms with Crippen LogP contribution in [0, 0.1) is 5.92 Å². The van der Waals surface area contributed by atoms with Crippen molar-refractivity contribution in [3.63, 3.8) is 0 Å². The van der Waals surface area contributed by atoms with Gasteiger partial charge >= 0.3 is 0 Å². The van der Waals surface area contributed by atoms with E-state index >= 15 is 0 Å². The number of hydrogen-bond acceptors (Lipinski definition) is 5. The number of carbonyl (C=O) groups is 1. The highest BCUT2D eigenvalue weighted by Gasteiger charge is 2.43. The van der Waals surface area contributed by atoms with Gasteiger partial charge in [-0.1, -0.05) is 12.1 Å². The number of hydrogen-bond donors (Lipinski definition) is 2. The molecule has 3 heterocycles. The van der Waals surface area contributed by atoms with Gasteiger partial charge in [-0.25, -0.2) is 10.9 Å². The number of benzene rings is 1. The number of nitrogens with zero attached hydrogens (tertiary/aromatic N) is 2. The Kier molecular flexibility index (Phi) is 4.20. The molecule has 4 rings (SSSR count). The third kappa shape index (κ3) is 2.79. The van der Waals surface area contributed by atoms with Gasteiger partial charge in [0.25, 0.3) is 0 Å². The van der Waals surface area contributed by atoms with Crippen LogP contribution in [0.2, 0.25) is 0 Å². The van der Waals surface area contributed by atoms with Crippen LogP contribution in [0.5, 0.6) is 5.75 Å². The zero-order valence-electron chi connectivity index (χ0n) is 14.4. The highest BCUT2D eigenvalue weighted by atomic mass is 16.5. The third-order valence-corrected chi connectivity index (χ3v) is 5.86. The molecule has 6 heteroatoms. The quantitative estimate of drug-likeness (QED) is 0.857. The smallest absolute Gasteiger partial charge is 0.241 e. The molecule has 4 atom stereocenters. The van der Waals surface area contributed by atoms with Crippen LogP contribution < -0.4 is 15.6 Å². The molecule has 0 spiro atoms. The van der Waals surface area contributed by atoms with Crippen LogP contribution in [0.1, 0.15) is 24.4 Å². The predicted octanol–water partition coefficient (Wildman–Crippen LogP) is 0.765. The number of ether oxygens (including phenoxy) is 1. The highest BCUT2D eigenvalue weighted by molar-refractivity contribution is 5.82. The van der Waals surface area contributed by atoms with Gasteiger partial charge in [-0.15, -0.1) is 0 Å². The Morgan fingerprint density at radius 2 is 2.00 bits per heavy atom. The van der Waals surface area contributed by atoms with E-state index in [0.717, 1.165) is 25.3 Å². The first-order valence-electron chi connectivity index (χ1n) is 8.79. The van der Waals surface area contributed by atoms with E-state index < -0.39 is 0 Å². The fraction of sp³-hybridized carbons (Fsp3) is 0.611. The summed E-state index contributed by atoms with van der Waals surface area (Å²) in [6.45, 7) is 2.96. The molecule has 0 bridgehead atoms. The van der Waals surface area contributed by atoms with Crippen molar-refractivity contribution in [3.05, 3.63) is 29.8 Å². The Morgan fingerprint density at radius 3 is 2.71 bits per heavy atom. The van der Waals surface area contributed by atoms with Crippen molar-refractivity contribution < 1.29 is 9.53 Å². The Bertz CT molecular complexity index is 606. The summed E-state index contributed by atoms with van der Waals surface area (Å²) in [7, 11) is 3.84. The molecule has 0 radical (unpaired) electrons. The number of amides is 1. The first kappa shape index (κ1) is 15.9. The molecule has 24 heavy (non-hydrogen) atoms. The van der Waals surface area contributed by atoms with E-state index in [1.165, 1.54) is 18.5 Å². The lowest BCUT2D eigenvalue weighted by atomic mass is 10.0. The van der Waals surface area contributed by atoms with Gasteiger partial charge in [-0.3, -0.25) is 4.79 Å². The van der Waals surface area contributed by atoms with Crippen LogP contribution in [0.25, 0.3) is 0 Å². The third-order valence-electron chi connectivity index (χ3n) is 5.86. The maximum atomic E-state index is 12.8. The summed E-state index contributed by atoms with van der Waals surface area (Å²) < 4.78 is 5.20. The Labute approximate surface area is 143 Å². The van der Waals surface area contributed by atoms with E-state index in [4.69, 9.17) is 4.74 Å². The number of hydrazine groups is 1. The average Bonchev–Trinajstić information content (AvgIpc) is 3.32.